The topological polar surface area (TPSA) is 102 Å². The highest BCUT2D eigenvalue weighted by atomic mass is 32.2. The lowest BCUT2D eigenvalue weighted by Crippen LogP contribution is -2.31. The smallest absolute Gasteiger partial charge is 0.295 e. The molecule has 1 heterocycles. The molecule has 0 saturated carbocycles. The fourth-order valence-electron chi connectivity index (χ4n) is 4.01. The van der Waals surface area contributed by atoms with Crippen LogP contribution in [0.1, 0.15) is 11.6 Å². The lowest BCUT2D eigenvalue weighted by atomic mass is 10.0. The van der Waals surface area contributed by atoms with E-state index in [1.54, 1.807) is 6.07 Å². The van der Waals surface area contributed by atoms with Crippen molar-refractivity contribution in [2.24, 2.45) is 0 Å². The van der Waals surface area contributed by atoms with Gasteiger partial charge in [0, 0.05) is 5.69 Å². The van der Waals surface area contributed by atoms with Crippen molar-refractivity contribution >= 4 is 21.4 Å². The third-order valence-electron chi connectivity index (χ3n) is 5.61. The van der Waals surface area contributed by atoms with Gasteiger partial charge in [0.25, 0.3) is 5.91 Å². The van der Waals surface area contributed by atoms with E-state index in [1.165, 1.54) is 69.9 Å². The Kier molecular flexibility index (Phi) is 6.40. The molecule has 4 rings (SSSR count). The Morgan fingerprint density at radius 3 is 1.97 bits per heavy atom. The predicted octanol–water partition coefficient (Wildman–Crippen LogP) is 4.18. The zero-order chi connectivity index (χ0) is 25.3. The van der Waals surface area contributed by atoms with Crippen molar-refractivity contribution in [1.29, 1.82) is 0 Å². The summed E-state index contributed by atoms with van der Waals surface area (Å²) in [4.78, 5) is 13.7. The largest absolute Gasteiger partial charge is 0.502 e. The Morgan fingerprint density at radius 1 is 0.886 bits per heavy atom. The van der Waals surface area contributed by atoms with Gasteiger partial charge in [-0.1, -0.05) is 18.2 Å². The number of carbonyl (C=O) groups is 1. The summed E-state index contributed by atoms with van der Waals surface area (Å²) in [6.07, 6.45) is 0. The average Bonchev–Trinajstić information content (AvgIpc) is 3.15. The van der Waals surface area contributed by atoms with E-state index in [4.69, 9.17) is 14.2 Å². The molecule has 1 atom stereocenters. The van der Waals surface area contributed by atoms with Crippen LogP contribution in [0, 0.1) is 5.82 Å². The van der Waals surface area contributed by atoms with Crippen LogP contribution < -0.4 is 19.1 Å². The van der Waals surface area contributed by atoms with Gasteiger partial charge in [-0.15, -0.1) is 0 Å². The second-order valence-corrected chi connectivity index (χ2v) is 9.46. The van der Waals surface area contributed by atoms with Gasteiger partial charge in [-0.2, -0.15) is 0 Å². The van der Waals surface area contributed by atoms with Crippen molar-refractivity contribution in [3.05, 3.63) is 88.8 Å². The zero-order valence-electron chi connectivity index (χ0n) is 19.1. The minimum atomic E-state index is -4.34. The van der Waals surface area contributed by atoms with Crippen LogP contribution >= 0.6 is 0 Å². The molecule has 1 N–H and O–H groups in total. The van der Waals surface area contributed by atoms with Gasteiger partial charge in [-0.05, 0) is 54.1 Å². The number of hydrogen-bond acceptors (Lipinski definition) is 7. The molecule has 0 fully saturated rings. The second-order valence-electron chi connectivity index (χ2n) is 7.54. The van der Waals surface area contributed by atoms with E-state index in [2.05, 4.69) is 0 Å². The molecular formula is C25H22FNO7S. The number of carbonyl (C=O) groups excluding carboxylic acids is 1. The van der Waals surface area contributed by atoms with Crippen molar-refractivity contribution in [3.8, 4) is 17.2 Å². The van der Waals surface area contributed by atoms with Gasteiger partial charge in [0.15, 0.2) is 17.3 Å². The van der Waals surface area contributed by atoms with Gasteiger partial charge in [-0.25, -0.2) is 12.8 Å². The number of aliphatic hydroxyl groups excluding tert-OH is 1. The van der Waals surface area contributed by atoms with Gasteiger partial charge in [0.05, 0.1) is 26.2 Å². The Balaban J connectivity index is 2.01. The summed E-state index contributed by atoms with van der Waals surface area (Å²) in [6.45, 7) is 0. The first-order chi connectivity index (χ1) is 16.7. The van der Waals surface area contributed by atoms with E-state index in [-0.39, 0.29) is 33.4 Å². The van der Waals surface area contributed by atoms with Gasteiger partial charge in [0.2, 0.25) is 15.6 Å². The third-order valence-corrected chi connectivity index (χ3v) is 7.50. The van der Waals surface area contributed by atoms with Crippen LogP contribution in [0.3, 0.4) is 0 Å². The first kappa shape index (κ1) is 24.1. The van der Waals surface area contributed by atoms with Crippen molar-refractivity contribution in [2.45, 2.75) is 10.9 Å². The van der Waals surface area contributed by atoms with E-state index < -0.39 is 38.3 Å². The first-order valence-corrected chi connectivity index (χ1v) is 11.8. The van der Waals surface area contributed by atoms with Gasteiger partial charge < -0.3 is 19.3 Å². The second kappa shape index (κ2) is 9.30. The number of hydrogen-bond donors (Lipinski definition) is 1. The number of nitrogens with zero attached hydrogens (tertiary/aromatic N) is 1. The summed E-state index contributed by atoms with van der Waals surface area (Å²) in [5, 5.41) is 10.9. The number of anilines is 1. The minimum absolute atomic E-state index is 0.104. The third kappa shape index (κ3) is 4.06. The molecule has 3 aromatic carbocycles. The molecule has 0 saturated heterocycles. The number of methoxy groups -OCH3 is 3. The summed E-state index contributed by atoms with van der Waals surface area (Å²) < 4.78 is 57.2. The number of benzene rings is 3. The van der Waals surface area contributed by atoms with Crippen LogP contribution in [0.5, 0.6) is 17.2 Å². The highest BCUT2D eigenvalue weighted by molar-refractivity contribution is 7.95. The molecule has 0 spiro atoms. The quantitative estimate of drug-likeness (QED) is 0.520. The van der Waals surface area contributed by atoms with Gasteiger partial charge in [-0.3, -0.25) is 9.69 Å². The maximum absolute atomic E-state index is 13.7. The molecule has 1 aliphatic rings. The average molecular weight is 500 g/mol. The molecule has 35 heavy (non-hydrogen) atoms. The number of ether oxygens (including phenoxy) is 3. The molecule has 0 aromatic heterocycles. The monoisotopic (exact) mass is 499 g/mol. The highest BCUT2D eigenvalue weighted by Gasteiger charge is 2.48. The number of aliphatic hydroxyl groups is 1. The molecule has 1 amide bonds. The lowest BCUT2D eigenvalue weighted by Gasteiger charge is -2.28. The van der Waals surface area contributed by atoms with Crippen LogP contribution in [-0.4, -0.2) is 40.8 Å². The molecule has 8 nitrogen and oxygen atoms in total. The van der Waals surface area contributed by atoms with E-state index in [0.717, 1.165) is 17.0 Å². The molecule has 0 radical (unpaired) electrons. The zero-order valence-corrected chi connectivity index (χ0v) is 19.9. The van der Waals surface area contributed by atoms with Crippen molar-refractivity contribution in [3.63, 3.8) is 0 Å². The van der Waals surface area contributed by atoms with E-state index in [0.29, 0.717) is 0 Å². The molecule has 0 bridgehead atoms. The van der Waals surface area contributed by atoms with Crippen LogP contribution in [-0.2, 0) is 14.6 Å². The normalized spacial score (nSPS) is 15.9. The van der Waals surface area contributed by atoms with E-state index in [1.807, 2.05) is 0 Å². The molecule has 3 aromatic rings. The van der Waals surface area contributed by atoms with E-state index >= 15 is 0 Å². The number of amides is 1. The summed E-state index contributed by atoms with van der Waals surface area (Å²) in [6, 6.07) is 14.0. The van der Waals surface area contributed by atoms with Crippen LogP contribution in [0.15, 0.2) is 82.3 Å². The van der Waals surface area contributed by atoms with E-state index in [9.17, 15) is 22.7 Å². The highest BCUT2D eigenvalue weighted by Crippen LogP contribution is 2.48. The van der Waals surface area contributed by atoms with Crippen molar-refractivity contribution in [2.75, 3.05) is 26.2 Å². The van der Waals surface area contributed by atoms with Gasteiger partial charge in [0.1, 0.15) is 16.8 Å². The maximum atomic E-state index is 13.7. The predicted molar refractivity (Wildman–Crippen MR) is 126 cm³/mol. The summed E-state index contributed by atoms with van der Waals surface area (Å²) >= 11 is 0. The Morgan fingerprint density at radius 2 is 1.46 bits per heavy atom. The van der Waals surface area contributed by atoms with Crippen LogP contribution in [0.2, 0.25) is 0 Å². The molecule has 0 aliphatic carbocycles. The SMILES string of the molecule is COc1cc(C2C(S(=O)(=O)c3ccccc3)=C(O)C(=O)N2c2ccc(F)cc2)cc(OC)c1OC. The maximum Gasteiger partial charge on any atom is 0.295 e. The lowest BCUT2D eigenvalue weighted by molar-refractivity contribution is -0.117. The van der Waals surface area contributed by atoms with Crippen molar-refractivity contribution < 1.29 is 36.9 Å². The Bertz CT molecular complexity index is 1380. The van der Waals surface area contributed by atoms with Crippen LogP contribution in [0.25, 0.3) is 0 Å². The Labute approximate surface area is 201 Å². The van der Waals surface area contributed by atoms with Gasteiger partial charge >= 0.3 is 0 Å². The molecule has 1 unspecified atom stereocenters. The fourth-order valence-corrected chi connectivity index (χ4v) is 5.66. The molecular weight excluding hydrogens is 477 g/mol. The number of sulfone groups is 1. The number of rotatable bonds is 7. The molecule has 182 valence electrons. The summed E-state index contributed by atoms with van der Waals surface area (Å²) in [5.74, 6) is -1.73. The van der Waals surface area contributed by atoms with Crippen molar-refractivity contribution in [1.82, 2.24) is 0 Å². The Hall–Kier alpha value is -4.05. The molecule has 1 aliphatic heterocycles. The minimum Gasteiger partial charge on any atom is -0.502 e. The standard InChI is InChI=1S/C25H22FNO7S/c1-32-19-13-15(14-20(33-2)23(19)34-3)21-24(35(30,31)18-7-5-4-6-8-18)22(28)25(29)27(21)17-11-9-16(26)10-12-17/h4-14,21,28H,1-3H3. The summed E-state index contributed by atoms with van der Waals surface area (Å²) in [5.41, 5.74) is 0.440. The summed E-state index contributed by atoms with van der Waals surface area (Å²) in [7, 11) is -0.131. The fraction of sp³-hybridized carbons (Fsp3) is 0.160. The molecule has 10 heteroatoms. The van der Waals surface area contributed by atoms with Crippen LogP contribution in [0.4, 0.5) is 10.1 Å². The number of halogens is 1. The first-order valence-electron chi connectivity index (χ1n) is 10.4.